The first-order valence-electron chi connectivity index (χ1n) is 8.01. The van der Waals surface area contributed by atoms with E-state index in [2.05, 4.69) is 48.9 Å². The molecule has 0 atom stereocenters. The van der Waals surface area contributed by atoms with Crippen LogP contribution in [0.15, 0.2) is 24.5 Å². The van der Waals surface area contributed by atoms with Crippen molar-refractivity contribution in [2.24, 2.45) is 0 Å². The van der Waals surface area contributed by atoms with Gasteiger partial charge in [-0.2, -0.15) is 0 Å². The number of hydrogen-bond donors (Lipinski definition) is 1. The van der Waals surface area contributed by atoms with Crippen molar-refractivity contribution in [3.05, 3.63) is 30.4 Å². The molecule has 0 unspecified atom stereocenters. The van der Waals surface area contributed by atoms with Crippen molar-refractivity contribution in [1.82, 2.24) is 19.9 Å². The van der Waals surface area contributed by atoms with Gasteiger partial charge in [-0.1, -0.05) is 0 Å². The first-order valence-corrected chi connectivity index (χ1v) is 8.01. The van der Waals surface area contributed by atoms with Gasteiger partial charge in [0.2, 0.25) is 5.95 Å². The predicted molar refractivity (Wildman–Crippen MR) is 92.0 cm³/mol. The highest BCUT2D eigenvalue weighted by Gasteiger charge is 2.20. The highest BCUT2D eigenvalue weighted by Crippen LogP contribution is 2.19. The van der Waals surface area contributed by atoms with Gasteiger partial charge in [0.05, 0.1) is 0 Å². The lowest BCUT2D eigenvalue weighted by Gasteiger charge is -2.35. The SMILES string of the molecule is Cc1nc(NC(C)C)cc(N2CCN(c3ncccn3)CC2)n1. The van der Waals surface area contributed by atoms with E-state index < -0.39 is 0 Å². The highest BCUT2D eigenvalue weighted by atomic mass is 15.3. The van der Waals surface area contributed by atoms with Gasteiger partial charge in [-0.05, 0) is 26.8 Å². The molecular weight excluding hydrogens is 290 g/mol. The first kappa shape index (κ1) is 15.5. The minimum absolute atomic E-state index is 0.351. The Kier molecular flexibility index (Phi) is 4.55. The van der Waals surface area contributed by atoms with Crippen LogP contribution in [0, 0.1) is 6.92 Å². The zero-order valence-corrected chi connectivity index (χ0v) is 13.9. The Bertz CT molecular complexity index is 636. The summed E-state index contributed by atoms with van der Waals surface area (Å²) in [5.41, 5.74) is 0. The van der Waals surface area contributed by atoms with E-state index in [9.17, 15) is 0 Å². The summed E-state index contributed by atoms with van der Waals surface area (Å²) in [6.45, 7) is 9.72. The predicted octanol–water partition coefficient (Wildman–Crippen LogP) is 1.72. The van der Waals surface area contributed by atoms with Crippen LogP contribution in [-0.4, -0.2) is 52.2 Å². The number of aryl methyl sites for hydroxylation is 1. The van der Waals surface area contributed by atoms with Gasteiger partial charge in [0.1, 0.15) is 17.5 Å². The van der Waals surface area contributed by atoms with Crippen LogP contribution in [0.5, 0.6) is 0 Å². The van der Waals surface area contributed by atoms with Gasteiger partial charge in [-0.3, -0.25) is 0 Å². The Hall–Kier alpha value is -2.44. The van der Waals surface area contributed by atoms with E-state index in [1.165, 1.54) is 0 Å². The minimum atomic E-state index is 0.351. The third-order valence-corrected chi connectivity index (χ3v) is 3.70. The average molecular weight is 313 g/mol. The molecule has 0 saturated carbocycles. The van der Waals surface area contributed by atoms with Gasteiger partial charge in [0.15, 0.2) is 0 Å². The number of nitrogens with zero attached hydrogens (tertiary/aromatic N) is 6. The molecule has 1 fully saturated rings. The molecule has 3 rings (SSSR count). The Labute approximate surface area is 136 Å². The smallest absolute Gasteiger partial charge is 0.225 e. The van der Waals surface area contributed by atoms with Crippen molar-refractivity contribution in [3.8, 4) is 0 Å². The fraction of sp³-hybridized carbons (Fsp3) is 0.500. The standard InChI is InChI=1S/C16H23N7/c1-12(2)19-14-11-15(21-13(3)20-14)22-7-9-23(10-8-22)16-17-5-4-6-18-16/h4-6,11-12H,7-10H2,1-3H3,(H,19,20,21). The van der Waals surface area contributed by atoms with Crippen LogP contribution in [0.4, 0.5) is 17.6 Å². The number of anilines is 3. The number of rotatable bonds is 4. The van der Waals surface area contributed by atoms with Gasteiger partial charge in [0.25, 0.3) is 0 Å². The molecule has 1 aliphatic rings. The minimum Gasteiger partial charge on any atom is -0.368 e. The number of hydrogen-bond acceptors (Lipinski definition) is 7. The summed E-state index contributed by atoms with van der Waals surface area (Å²) in [6.07, 6.45) is 3.57. The molecule has 7 nitrogen and oxygen atoms in total. The molecule has 0 bridgehead atoms. The normalized spacial score (nSPS) is 15.1. The topological polar surface area (TPSA) is 70.1 Å². The number of nitrogens with one attached hydrogen (secondary N) is 1. The Morgan fingerprint density at radius 2 is 1.65 bits per heavy atom. The maximum Gasteiger partial charge on any atom is 0.225 e. The molecule has 1 saturated heterocycles. The van der Waals surface area contributed by atoms with Crippen LogP contribution in [0.25, 0.3) is 0 Å². The third-order valence-electron chi connectivity index (χ3n) is 3.70. The molecule has 0 aliphatic carbocycles. The summed E-state index contributed by atoms with van der Waals surface area (Å²) in [7, 11) is 0. The van der Waals surface area contributed by atoms with Gasteiger partial charge < -0.3 is 15.1 Å². The molecule has 7 heteroatoms. The summed E-state index contributed by atoms with van der Waals surface area (Å²) in [5, 5.41) is 3.35. The molecule has 2 aromatic rings. The Morgan fingerprint density at radius 1 is 1.00 bits per heavy atom. The van der Waals surface area contributed by atoms with Gasteiger partial charge in [0, 0.05) is 50.7 Å². The van der Waals surface area contributed by atoms with Crippen LogP contribution in [-0.2, 0) is 0 Å². The zero-order valence-electron chi connectivity index (χ0n) is 13.9. The molecule has 2 aromatic heterocycles. The van der Waals surface area contributed by atoms with E-state index in [1.807, 2.05) is 19.1 Å². The van der Waals surface area contributed by atoms with Crippen LogP contribution >= 0.6 is 0 Å². The highest BCUT2D eigenvalue weighted by molar-refractivity contribution is 5.51. The molecule has 0 radical (unpaired) electrons. The maximum absolute atomic E-state index is 4.59. The van der Waals surface area contributed by atoms with E-state index in [0.29, 0.717) is 6.04 Å². The molecule has 23 heavy (non-hydrogen) atoms. The van der Waals surface area contributed by atoms with Crippen molar-refractivity contribution in [1.29, 1.82) is 0 Å². The fourth-order valence-electron chi connectivity index (χ4n) is 2.67. The van der Waals surface area contributed by atoms with Gasteiger partial charge in [-0.15, -0.1) is 0 Å². The summed E-state index contributed by atoms with van der Waals surface area (Å²) in [4.78, 5) is 22.2. The van der Waals surface area contributed by atoms with Gasteiger partial charge in [-0.25, -0.2) is 19.9 Å². The molecule has 0 spiro atoms. The van der Waals surface area contributed by atoms with E-state index in [-0.39, 0.29) is 0 Å². The maximum atomic E-state index is 4.59. The van der Waals surface area contributed by atoms with Crippen LogP contribution in [0.2, 0.25) is 0 Å². The largest absolute Gasteiger partial charge is 0.368 e. The van der Waals surface area contributed by atoms with Crippen LogP contribution < -0.4 is 15.1 Å². The van der Waals surface area contributed by atoms with E-state index in [4.69, 9.17) is 0 Å². The van der Waals surface area contributed by atoms with E-state index >= 15 is 0 Å². The third kappa shape index (κ3) is 3.85. The van der Waals surface area contributed by atoms with Gasteiger partial charge >= 0.3 is 0 Å². The monoisotopic (exact) mass is 313 g/mol. The Morgan fingerprint density at radius 3 is 2.30 bits per heavy atom. The summed E-state index contributed by atoms with van der Waals surface area (Å²) < 4.78 is 0. The molecule has 3 heterocycles. The quantitative estimate of drug-likeness (QED) is 0.921. The van der Waals surface area contributed by atoms with Crippen LogP contribution in [0.1, 0.15) is 19.7 Å². The zero-order chi connectivity index (χ0) is 16.2. The average Bonchev–Trinajstić information content (AvgIpc) is 2.55. The molecular formula is C16H23N7. The molecule has 1 N–H and O–H groups in total. The molecule has 1 aliphatic heterocycles. The molecule has 0 aromatic carbocycles. The fourth-order valence-corrected chi connectivity index (χ4v) is 2.67. The molecule has 0 amide bonds. The second-order valence-electron chi connectivity index (χ2n) is 5.98. The molecule has 122 valence electrons. The number of piperazine rings is 1. The van der Waals surface area contributed by atoms with Crippen molar-refractivity contribution >= 4 is 17.6 Å². The number of aromatic nitrogens is 4. The van der Waals surface area contributed by atoms with Crippen molar-refractivity contribution in [2.75, 3.05) is 41.3 Å². The summed E-state index contributed by atoms with van der Waals surface area (Å²) in [6, 6.07) is 4.22. The first-order chi connectivity index (χ1) is 11.1. The van der Waals surface area contributed by atoms with Crippen molar-refractivity contribution in [2.45, 2.75) is 26.8 Å². The lowest BCUT2D eigenvalue weighted by atomic mass is 10.3. The lowest BCUT2D eigenvalue weighted by molar-refractivity contribution is 0.633. The summed E-state index contributed by atoms with van der Waals surface area (Å²) >= 11 is 0. The lowest BCUT2D eigenvalue weighted by Crippen LogP contribution is -2.47. The van der Waals surface area contributed by atoms with Crippen LogP contribution in [0.3, 0.4) is 0 Å². The summed E-state index contributed by atoms with van der Waals surface area (Å²) in [5.74, 6) is 3.46. The van der Waals surface area contributed by atoms with Crippen molar-refractivity contribution < 1.29 is 0 Å². The van der Waals surface area contributed by atoms with Crippen molar-refractivity contribution in [3.63, 3.8) is 0 Å². The Balaban J connectivity index is 1.69. The second-order valence-corrected chi connectivity index (χ2v) is 5.98. The van der Waals surface area contributed by atoms with E-state index in [0.717, 1.165) is 49.6 Å². The van der Waals surface area contributed by atoms with E-state index in [1.54, 1.807) is 12.4 Å². The second kappa shape index (κ2) is 6.76.